The van der Waals surface area contributed by atoms with Crippen molar-refractivity contribution in [3.05, 3.63) is 0 Å². The van der Waals surface area contributed by atoms with Crippen molar-refractivity contribution in [2.24, 2.45) is 0 Å². The number of Topliss-reactive ketones (excluding diaryl/α,β-unsaturated/α-hetero) is 1. The lowest BCUT2D eigenvalue weighted by Crippen LogP contribution is -2.19. The Labute approximate surface area is 121 Å². The van der Waals surface area contributed by atoms with E-state index in [2.05, 4.69) is 15.9 Å². The predicted molar refractivity (Wildman–Crippen MR) is 74.3 cm³/mol. The summed E-state index contributed by atoms with van der Waals surface area (Å²) in [5.41, 5.74) is 0. The quantitative estimate of drug-likeness (QED) is 0.584. The third kappa shape index (κ3) is 6.27. The van der Waals surface area contributed by atoms with Crippen molar-refractivity contribution < 1.29 is 19.1 Å². The smallest absolute Gasteiger partial charge is 0.250 e. The molecular weight excluding hydrogens is 323 g/mol. The van der Waals surface area contributed by atoms with Crippen LogP contribution in [0.1, 0.15) is 33.1 Å². The van der Waals surface area contributed by atoms with E-state index < -0.39 is 0 Å². The lowest BCUT2D eigenvalue weighted by atomic mass is 10.2. The van der Waals surface area contributed by atoms with E-state index in [1.165, 1.54) is 0 Å². The Morgan fingerprint density at radius 3 is 1.89 bits per heavy atom. The van der Waals surface area contributed by atoms with Crippen LogP contribution >= 0.6 is 27.5 Å². The summed E-state index contributed by atoms with van der Waals surface area (Å²) in [5.74, 6) is 0.174. The Morgan fingerprint density at radius 2 is 1.61 bits per heavy atom. The minimum atomic E-state index is -0.359. The number of carbonyl (C=O) groups is 2. The van der Waals surface area contributed by atoms with Gasteiger partial charge in [-0.05, 0) is 37.3 Å². The summed E-state index contributed by atoms with van der Waals surface area (Å²) < 4.78 is 10.1. The van der Waals surface area contributed by atoms with Crippen LogP contribution < -0.4 is 0 Å². The predicted octanol–water partition coefficient (Wildman–Crippen LogP) is 2.70. The van der Waals surface area contributed by atoms with E-state index in [-0.39, 0.29) is 30.7 Å². The molecule has 18 heavy (non-hydrogen) atoms. The number of carbonyl (C=O) groups excluding carboxylic acids is 2. The topological polar surface area (TPSA) is 52.6 Å². The molecule has 0 amide bonds. The Hall–Kier alpha value is 0.0300. The Morgan fingerprint density at radius 1 is 1.11 bits per heavy atom. The van der Waals surface area contributed by atoms with E-state index in [9.17, 15) is 9.59 Å². The molecule has 2 saturated heterocycles. The van der Waals surface area contributed by atoms with Gasteiger partial charge in [0.2, 0.25) is 5.24 Å². The lowest BCUT2D eigenvalue weighted by Gasteiger charge is -2.03. The molecule has 2 aliphatic rings. The summed E-state index contributed by atoms with van der Waals surface area (Å²) in [6.07, 6.45) is 3.28. The molecule has 0 aromatic heterocycles. The highest BCUT2D eigenvalue weighted by atomic mass is 79.9. The van der Waals surface area contributed by atoms with Crippen LogP contribution in [0.4, 0.5) is 0 Å². The molecule has 0 aromatic rings. The van der Waals surface area contributed by atoms with Gasteiger partial charge in [-0.1, -0.05) is 23.4 Å². The van der Waals surface area contributed by atoms with Gasteiger partial charge in [-0.25, -0.2) is 0 Å². The minimum absolute atomic E-state index is 0. The van der Waals surface area contributed by atoms with Crippen LogP contribution in [-0.2, 0) is 19.1 Å². The van der Waals surface area contributed by atoms with E-state index in [0.717, 1.165) is 32.3 Å². The second-order valence-electron chi connectivity index (χ2n) is 3.91. The van der Waals surface area contributed by atoms with E-state index in [1.54, 1.807) is 0 Å². The zero-order valence-corrected chi connectivity index (χ0v) is 11.8. The van der Waals surface area contributed by atoms with Crippen molar-refractivity contribution in [2.75, 3.05) is 18.5 Å². The second-order valence-corrected chi connectivity index (χ2v) is 4.84. The molecule has 106 valence electrons. The van der Waals surface area contributed by atoms with Crippen molar-refractivity contribution in [1.29, 1.82) is 0 Å². The Kier molecular flexibility index (Phi) is 9.91. The molecule has 4 nitrogen and oxygen atoms in total. The molecule has 0 aromatic carbocycles. The fourth-order valence-corrected chi connectivity index (χ4v) is 2.21. The number of hydrogen-bond acceptors (Lipinski definition) is 4. The monoisotopic (exact) mass is 342 g/mol. The van der Waals surface area contributed by atoms with E-state index >= 15 is 0 Å². The van der Waals surface area contributed by atoms with Crippen LogP contribution in [0.25, 0.3) is 0 Å². The summed E-state index contributed by atoms with van der Waals surface area (Å²) in [6.45, 7) is 1.44. The van der Waals surface area contributed by atoms with Crippen molar-refractivity contribution >= 4 is 38.6 Å². The van der Waals surface area contributed by atoms with Gasteiger partial charge in [-0.15, -0.1) is 0 Å². The summed E-state index contributed by atoms with van der Waals surface area (Å²) in [4.78, 5) is 21.1. The van der Waals surface area contributed by atoms with E-state index in [0.29, 0.717) is 11.9 Å². The molecular formula is C12H20BrClO4. The van der Waals surface area contributed by atoms with Crippen LogP contribution in [0.3, 0.4) is 0 Å². The van der Waals surface area contributed by atoms with Gasteiger partial charge >= 0.3 is 0 Å². The van der Waals surface area contributed by atoms with Gasteiger partial charge in [0.1, 0.15) is 12.2 Å². The summed E-state index contributed by atoms with van der Waals surface area (Å²) in [7, 11) is 0. The van der Waals surface area contributed by atoms with Gasteiger partial charge in [0, 0.05) is 13.2 Å². The van der Waals surface area contributed by atoms with Gasteiger partial charge in [-0.3, -0.25) is 9.59 Å². The number of alkyl halides is 1. The molecule has 0 spiro atoms. The van der Waals surface area contributed by atoms with Gasteiger partial charge in [0.15, 0.2) is 5.78 Å². The number of halogens is 2. The summed E-state index contributed by atoms with van der Waals surface area (Å²) in [6, 6.07) is 0. The maximum Gasteiger partial charge on any atom is 0.250 e. The number of rotatable bonds is 3. The number of ketones is 1. The highest BCUT2D eigenvalue weighted by molar-refractivity contribution is 9.09. The fourth-order valence-electron chi connectivity index (χ4n) is 1.67. The van der Waals surface area contributed by atoms with Crippen LogP contribution in [0.15, 0.2) is 0 Å². The average molecular weight is 344 g/mol. The molecule has 2 heterocycles. The standard InChI is InChI=1S/C6H9BrO2.C5H7ClO2.CH4/c7-4-5(8)6-2-1-3-9-6;6-5(7)4-2-1-3-8-4;/h6H,1-4H2;4H,1-3H2;1H4/t6-;4-;/m00./s1. The maximum absolute atomic E-state index is 10.8. The SMILES string of the molecule is C.O=C(CBr)[C@@H]1CCCO1.O=C(Cl)[C@@H]1CCCO1. The minimum Gasteiger partial charge on any atom is -0.370 e. The first-order valence-electron chi connectivity index (χ1n) is 5.66. The van der Waals surface area contributed by atoms with Crippen LogP contribution in [0.2, 0.25) is 0 Å². The largest absolute Gasteiger partial charge is 0.370 e. The molecule has 0 saturated carbocycles. The van der Waals surface area contributed by atoms with Gasteiger partial charge in [0.25, 0.3) is 0 Å². The molecule has 0 aliphatic carbocycles. The van der Waals surface area contributed by atoms with Crippen LogP contribution in [0, 0.1) is 0 Å². The van der Waals surface area contributed by atoms with Crippen LogP contribution in [-0.4, -0.2) is 41.8 Å². The van der Waals surface area contributed by atoms with Crippen LogP contribution in [0.5, 0.6) is 0 Å². The van der Waals surface area contributed by atoms with E-state index in [1.807, 2.05) is 0 Å². The van der Waals surface area contributed by atoms with E-state index in [4.69, 9.17) is 21.1 Å². The average Bonchev–Trinajstić information content (AvgIpc) is 3.01. The third-order valence-corrected chi connectivity index (χ3v) is 3.40. The molecule has 6 heteroatoms. The van der Waals surface area contributed by atoms with Gasteiger partial charge < -0.3 is 9.47 Å². The first-order chi connectivity index (χ1) is 8.15. The molecule has 2 rings (SSSR count). The number of ether oxygens (including phenoxy) is 2. The summed E-state index contributed by atoms with van der Waals surface area (Å²) in [5, 5.41) is 0.0694. The maximum atomic E-state index is 10.8. The first-order valence-corrected chi connectivity index (χ1v) is 7.16. The second kappa shape index (κ2) is 9.89. The summed E-state index contributed by atoms with van der Waals surface area (Å²) >= 11 is 8.22. The molecule has 0 N–H and O–H groups in total. The highest BCUT2D eigenvalue weighted by Crippen LogP contribution is 2.14. The normalized spacial score (nSPS) is 25.9. The first kappa shape index (κ1) is 18.0. The van der Waals surface area contributed by atoms with Gasteiger partial charge in [0.05, 0.1) is 5.33 Å². The van der Waals surface area contributed by atoms with Gasteiger partial charge in [-0.2, -0.15) is 0 Å². The Bertz CT molecular complexity index is 261. The molecule has 0 radical (unpaired) electrons. The molecule has 2 fully saturated rings. The molecule has 2 aliphatic heterocycles. The zero-order chi connectivity index (χ0) is 12.7. The zero-order valence-electron chi connectivity index (χ0n) is 9.49. The Balaban J connectivity index is 0.000000306. The lowest BCUT2D eigenvalue weighted by molar-refractivity contribution is -0.125. The van der Waals surface area contributed by atoms with Crippen molar-refractivity contribution in [2.45, 2.75) is 45.3 Å². The fraction of sp³-hybridized carbons (Fsp3) is 0.833. The third-order valence-electron chi connectivity index (χ3n) is 2.60. The number of hydrogen-bond donors (Lipinski definition) is 0. The van der Waals surface area contributed by atoms with Crippen molar-refractivity contribution in [3.63, 3.8) is 0 Å². The molecule has 2 atom stereocenters. The highest BCUT2D eigenvalue weighted by Gasteiger charge is 2.22. The molecule has 0 bridgehead atoms. The van der Waals surface area contributed by atoms with Crippen molar-refractivity contribution in [1.82, 2.24) is 0 Å². The van der Waals surface area contributed by atoms with Crippen molar-refractivity contribution in [3.8, 4) is 0 Å². The molecule has 0 unspecified atom stereocenters.